The Hall–Kier alpha value is -3.36. The Kier molecular flexibility index (Phi) is 4.72. The molecule has 0 saturated carbocycles. The molecule has 0 saturated heterocycles. The molecule has 0 atom stereocenters. The zero-order valence-corrected chi connectivity index (χ0v) is 16.1. The highest BCUT2D eigenvalue weighted by Crippen LogP contribution is 2.35. The van der Waals surface area contributed by atoms with Gasteiger partial charge in [-0.15, -0.1) is 0 Å². The van der Waals surface area contributed by atoms with Crippen LogP contribution in [0.4, 0.5) is 10.8 Å². The van der Waals surface area contributed by atoms with E-state index in [0.29, 0.717) is 33.4 Å². The highest BCUT2D eigenvalue weighted by molar-refractivity contribution is 7.22. The molecule has 0 radical (unpaired) electrons. The van der Waals surface area contributed by atoms with E-state index in [0.717, 1.165) is 15.5 Å². The molecule has 4 aromatic rings. The highest BCUT2D eigenvalue weighted by Gasteiger charge is 2.16. The van der Waals surface area contributed by atoms with Gasteiger partial charge in [0.25, 0.3) is 5.91 Å². The van der Waals surface area contributed by atoms with Crippen molar-refractivity contribution in [1.82, 2.24) is 4.98 Å². The normalized spacial score (nSPS) is 10.8. The van der Waals surface area contributed by atoms with Gasteiger partial charge in [0.1, 0.15) is 17.0 Å². The van der Waals surface area contributed by atoms with Gasteiger partial charge in [0.15, 0.2) is 5.13 Å². The van der Waals surface area contributed by atoms with Crippen molar-refractivity contribution in [3.05, 3.63) is 54.1 Å². The lowest BCUT2D eigenvalue weighted by Crippen LogP contribution is -2.13. The molecular weight excluding hydrogens is 376 g/mol. The smallest absolute Gasteiger partial charge is 0.259 e. The SMILES string of the molecule is COc1cc2ccccc2cc1C(=O)Nc1cc(OC)c2nc(NN)sc2c1. The van der Waals surface area contributed by atoms with E-state index in [1.54, 1.807) is 20.3 Å². The fourth-order valence-electron chi connectivity index (χ4n) is 3.05. The van der Waals surface area contributed by atoms with Crippen LogP contribution in [0.5, 0.6) is 11.5 Å². The van der Waals surface area contributed by atoms with Gasteiger partial charge >= 0.3 is 0 Å². The minimum absolute atomic E-state index is 0.273. The maximum Gasteiger partial charge on any atom is 0.259 e. The monoisotopic (exact) mass is 394 g/mol. The number of carbonyl (C=O) groups is 1. The summed E-state index contributed by atoms with van der Waals surface area (Å²) < 4.78 is 11.7. The number of ether oxygens (including phenoxy) is 2. The van der Waals surface area contributed by atoms with Gasteiger partial charge < -0.3 is 14.8 Å². The number of nitrogens with zero attached hydrogens (tertiary/aromatic N) is 1. The Bertz CT molecular complexity index is 1190. The molecule has 142 valence electrons. The summed E-state index contributed by atoms with van der Waals surface area (Å²) in [7, 11) is 3.11. The second-order valence-corrected chi connectivity index (χ2v) is 7.07. The van der Waals surface area contributed by atoms with Crippen LogP contribution < -0.4 is 26.1 Å². The first-order chi connectivity index (χ1) is 13.6. The second kappa shape index (κ2) is 7.34. The van der Waals surface area contributed by atoms with Crippen LogP contribution in [0.3, 0.4) is 0 Å². The third kappa shape index (κ3) is 3.19. The van der Waals surface area contributed by atoms with Crippen molar-refractivity contribution >= 4 is 49.1 Å². The van der Waals surface area contributed by atoms with Crippen LogP contribution in [0.1, 0.15) is 10.4 Å². The van der Waals surface area contributed by atoms with Gasteiger partial charge in [0, 0.05) is 11.8 Å². The van der Waals surface area contributed by atoms with Gasteiger partial charge in [0.2, 0.25) is 0 Å². The fourth-order valence-corrected chi connectivity index (χ4v) is 3.89. The molecule has 8 heteroatoms. The maximum absolute atomic E-state index is 13.0. The number of hydrogen-bond acceptors (Lipinski definition) is 7. The summed E-state index contributed by atoms with van der Waals surface area (Å²) in [6.45, 7) is 0. The van der Waals surface area contributed by atoms with Gasteiger partial charge in [-0.25, -0.2) is 10.8 Å². The fraction of sp³-hybridized carbons (Fsp3) is 0.100. The first kappa shape index (κ1) is 18.0. The third-order valence-corrected chi connectivity index (χ3v) is 5.31. The lowest BCUT2D eigenvalue weighted by Gasteiger charge is -2.12. The average Bonchev–Trinajstić information content (AvgIpc) is 3.15. The summed E-state index contributed by atoms with van der Waals surface area (Å²) in [6.07, 6.45) is 0. The number of carbonyl (C=O) groups excluding carboxylic acids is 1. The molecule has 0 unspecified atom stereocenters. The Morgan fingerprint density at radius 3 is 2.43 bits per heavy atom. The van der Waals surface area contributed by atoms with Crippen molar-refractivity contribution in [2.75, 3.05) is 25.0 Å². The first-order valence-corrected chi connectivity index (χ1v) is 9.28. The van der Waals surface area contributed by atoms with Gasteiger partial charge in [-0.05, 0) is 29.0 Å². The Labute approximate surface area is 165 Å². The van der Waals surface area contributed by atoms with E-state index >= 15 is 0 Å². The topological polar surface area (TPSA) is 98.5 Å². The minimum atomic E-state index is -0.273. The van der Waals surface area contributed by atoms with Gasteiger partial charge in [-0.2, -0.15) is 0 Å². The number of benzene rings is 3. The van der Waals surface area contributed by atoms with Gasteiger partial charge in [-0.1, -0.05) is 35.6 Å². The van der Waals surface area contributed by atoms with E-state index < -0.39 is 0 Å². The zero-order valence-electron chi connectivity index (χ0n) is 15.3. The minimum Gasteiger partial charge on any atom is -0.496 e. The lowest BCUT2D eigenvalue weighted by atomic mass is 10.1. The van der Waals surface area contributed by atoms with Crippen LogP contribution in [-0.2, 0) is 0 Å². The van der Waals surface area contributed by atoms with Crippen molar-refractivity contribution in [3.8, 4) is 11.5 Å². The summed E-state index contributed by atoms with van der Waals surface area (Å²) >= 11 is 1.37. The zero-order chi connectivity index (χ0) is 19.7. The summed E-state index contributed by atoms with van der Waals surface area (Å²) in [5, 5.41) is 5.45. The molecule has 0 aliphatic rings. The molecule has 0 bridgehead atoms. The molecular formula is C20H18N4O3S. The lowest BCUT2D eigenvalue weighted by molar-refractivity contribution is 0.102. The number of anilines is 2. The van der Waals surface area contributed by atoms with E-state index in [9.17, 15) is 4.79 Å². The number of rotatable bonds is 5. The Morgan fingerprint density at radius 2 is 1.75 bits per heavy atom. The van der Waals surface area contributed by atoms with Crippen LogP contribution in [-0.4, -0.2) is 25.1 Å². The molecule has 0 spiro atoms. The molecule has 1 heterocycles. The number of nitrogens with one attached hydrogen (secondary N) is 2. The van der Waals surface area contributed by atoms with E-state index in [4.69, 9.17) is 15.3 Å². The standard InChI is InChI=1S/C20H18N4O3S/c1-26-15-8-12-6-4-3-5-11(12)7-14(15)19(25)22-13-9-16(27-2)18-17(10-13)28-20(23-18)24-21/h3-10H,21H2,1-2H3,(H,22,25)(H,23,24). The van der Waals surface area contributed by atoms with E-state index in [1.807, 2.05) is 42.5 Å². The number of amides is 1. The summed E-state index contributed by atoms with van der Waals surface area (Å²) in [5.74, 6) is 6.24. The van der Waals surface area contributed by atoms with Crippen molar-refractivity contribution in [2.45, 2.75) is 0 Å². The number of fused-ring (bicyclic) bond motifs is 2. The summed E-state index contributed by atoms with van der Waals surface area (Å²) in [5.41, 5.74) is 4.26. The molecule has 0 aliphatic heterocycles. The Balaban J connectivity index is 1.73. The molecule has 1 amide bonds. The Morgan fingerprint density at radius 1 is 1.04 bits per heavy atom. The van der Waals surface area contributed by atoms with E-state index in [1.165, 1.54) is 11.3 Å². The van der Waals surface area contributed by atoms with Crippen molar-refractivity contribution in [2.24, 2.45) is 5.84 Å². The quantitative estimate of drug-likeness (QED) is 0.349. The molecule has 1 aromatic heterocycles. The van der Waals surface area contributed by atoms with Crippen LogP contribution in [0.2, 0.25) is 0 Å². The van der Waals surface area contributed by atoms with Crippen LogP contribution in [0.15, 0.2) is 48.5 Å². The molecule has 4 rings (SSSR count). The third-order valence-electron chi connectivity index (χ3n) is 4.37. The molecule has 7 nitrogen and oxygen atoms in total. The predicted octanol–water partition coefficient (Wildman–Crippen LogP) is 4.00. The van der Waals surface area contributed by atoms with E-state index in [2.05, 4.69) is 15.7 Å². The van der Waals surface area contributed by atoms with Crippen molar-refractivity contribution < 1.29 is 14.3 Å². The number of thiazole rings is 1. The molecule has 0 fully saturated rings. The highest BCUT2D eigenvalue weighted by atomic mass is 32.1. The van der Waals surface area contributed by atoms with Crippen molar-refractivity contribution in [3.63, 3.8) is 0 Å². The number of nitrogen functional groups attached to an aromatic ring is 1. The number of nitrogens with two attached hydrogens (primary N) is 1. The average molecular weight is 394 g/mol. The van der Waals surface area contributed by atoms with Gasteiger partial charge in [0.05, 0.1) is 24.5 Å². The number of aromatic nitrogens is 1. The first-order valence-electron chi connectivity index (χ1n) is 8.46. The number of methoxy groups -OCH3 is 2. The molecule has 0 aliphatic carbocycles. The van der Waals surface area contributed by atoms with E-state index in [-0.39, 0.29) is 5.91 Å². The van der Waals surface area contributed by atoms with Crippen molar-refractivity contribution in [1.29, 1.82) is 0 Å². The number of hydrazine groups is 1. The number of hydrogen-bond donors (Lipinski definition) is 3. The molecule has 3 aromatic carbocycles. The molecule has 28 heavy (non-hydrogen) atoms. The maximum atomic E-state index is 13.0. The van der Waals surface area contributed by atoms with Gasteiger partial charge in [-0.3, -0.25) is 10.2 Å². The summed E-state index contributed by atoms with van der Waals surface area (Å²) in [4.78, 5) is 17.3. The predicted molar refractivity (Wildman–Crippen MR) is 112 cm³/mol. The van der Waals surface area contributed by atoms with Crippen LogP contribution in [0, 0.1) is 0 Å². The van der Waals surface area contributed by atoms with Crippen LogP contribution >= 0.6 is 11.3 Å². The summed E-state index contributed by atoms with van der Waals surface area (Å²) in [6, 6.07) is 15.1. The van der Waals surface area contributed by atoms with Crippen LogP contribution in [0.25, 0.3) is 21.0 Å². The second-order valence-electron chi connectivity index (χ2n) is 6.04. The largest absolute Gasteiger partial charge is 0.496 e. The molecule has 4 N–H and O–H groups in total.